The number of fused-ring (bicyclic) bond motifs is 1. The van der Waals surface area contributed by atoms with Crippen LogP contribution < -0.4 is 19.5 Å². The van der Waals surface area contributed by atoms with Crippen molar-refractivity contribution in [3.63, 3.8) is 0 Å². The SMILES string of the molecule is COc1cc(/C=C/C(=O)NCC(O)c2cn(C)c3ccccc23)cc(OC)c1OC. The molecule has 1 atom stereocenters. The molecule has 7 nitrogen and oxygen atoms in total. The molecule has 0 bridgehead atoms. The fourth-order valence-corrected chi connectivity index (χ4v) is 3.37. The van der Waals surface area contributed by atoms with E-state index in [-0.39, 0.29) is 12.5 Å². The van der Waals surface area contributed by atoms with Crippen LogP contribution >= 0.6 is 0 Å². The standard InChI is InChI=1S/C23H26N2O5/c1-25-14-17(16-7-5-6-8-18(16)25)19(26)13-24-22(27)10-9-15-11-20(28-2)23(30-4)21(12-15)29-3/h5-12,14,19,26H,13H2,1-4H3,(H,24,27)/b10-9+. The van der Waals surface area contributed by atoms with Gasteiger partial charge in [0.1, 0.15) is 0 Å². The van der Waals surface area contributed by atoms with Gasteiger partial charge in [-0.15, -0.1) is 0 Å². The molecule has 0 aliphatic carbocycles. The van der Waals surface area contributed by atoms with E-state index in [1.807, 2.05) is 42.1 Å². The molecule has 0 saturated heterocycles. The van der Waals surface area contributed by atoms with Crippen molar-refractivity contribution in [3.8, 4) is 17.2 Å². The molecule has 2 aromatic carbocycles. The van der Waals surface area contributed by atoms with Crippen molar-refractivity contribution in [2.45, 2.75) is 6.10 Å². The molecule has 30 heavy (non-hydrogen) atoms. The number of benzene rings is 2. The Morgan fingerprint density at radius 1 is 1.13 bits per heavy atom. The van der Waals surface area contributed by atoms with E-state index in [2.05, 4.69) is 5.32 Å². The van der Waals surface area contributed by atoms with E-state index in [4.69, 9.17) is 14.2 Å². The Hall–Kier alpha value is -3.45. The third-order valence-electron chi connectivity index (χ3n) is 4.87. The van der Waals surface area contributed by atoms with Crippen LogP contribution in [0.2, 0.25) is 0 Å². The summed E-state index contributed by atoms with van der Waals surface area (Å²) in [6.45, 7) is 0.104. The van der Waals surface area contributed by atoms with Gasteiger partial charge in [-0.25, -0.2) is 0 Å². The summed E-state index contributed by atoms with van der Waals surface area (Å²) in [5, 5.41) is 14.3. The summed E-state index contributed by atoms with van der Waals surface area (Å²) in [6, 6.07) is 11.3. The number of hydrogen-bond acceptors (Lipinski definition) is 5. The number of rotatable bonds is 8. The van der Waals surface area contributed by atoms with E-state index < -0.39 is 6.10 Å². The number of methoxy groups -OCH3 is 3. The van der Waals surface area contributed by atoms with Crippen LogP contribution in [-0.2, 0) is 11.8 Å². The predicted molar refractivity (Wildman–Crippen MR) is 116 cm³/mol. The highest BCUT2D eigenvalue weighted by Gasteiger charge is 2.15. The molecule has 158 valence electrons. The molecule has 7 heteroatoms. The second-order valence-corrected chi connectivity index (χ2v) is 6.77. The van der Waals surface area contributed by atoms with Crippen LogP contribution in [0, 0.1) is 0 Å². The maximum atomic E-state index is 12.3. The number of aliphatic hydroxyl groups is 1. The third kappa shape index (κ3) is 4.41. The second kappa shape index (κ2) is 9.37. The van der Waals surface area contributed by atoms with Crippen LogP contribution in [0.4, 0.5) is 0 Å². The van der Waals surface area contributed by atoms with Crippen LogP contribution in [0.5, 0.6) is 17.2 Å². The molecule has 0 aliphatic heterocycles. The largest absolute Gasteiger partial charge is 0.493 e. The van der Waals surface area contributed by atoms with Gasteiger partial charge in [0, 0.05) is 42.3 Å². The Morgan fingerprint density at radius 2 is 1.80 bits per heavy atom. The average molecular weight is 410 g/mol. The summed E-state index contributed by atoms with van der Waals surface area (Å²) < 4.78 is 17.9. The van der Waals surface area contributed by atoms with Gasteiger partial charge in [-0.05, 0) is 29.8 Å². The lowest BCUT2D eigenvalue weighted by Crippen LogP contribution is -2.26. The number of amides is 1. The Balaban J connectivity index is 1.67. The van der Waals surface area contributed by atoms with Gasteiger partial charge in [-0.1, -0.05) is 18.2 Å². The molecule has 0 radical (unpaired) electrons. The van der Waals surface area contributed by atoms with Crippen molar-refractivity contribution < 1.29 is 24.1 Å². The Labute approximate surface area is 175 Å². The lowest BCUT2D eigenvalue weighted by molar-refractivity contribution is -0.116. The third-order valence-corrected chi connectivity index (χ3v) is 4.87. The summed E-state index contributed by atoms with van der Waals surface area (Å²) in [6.07, 6.45) is 4.11. The number of ether oxygens (including phenoxy) is 3. The Kier molecular flexibility index (Phi) is 6.64. The summed E-state index contributed by atoms with van der Waals surface area (Å²) in [4.78, 5) is 12.3. The summed E-state index contributed by atoms with van der Waals surface area (Å²) in [5.74, 6) is 1.18. The van der Waals surface area contributed by atoms with Crippen molar-refractivity contribution in [3.05, 3.63) is 59.8 Å². The number of aliphatic hydroxyl groups excluding tert-OH is 1. The van der Waals surface area contributed by atoms with Crippen molar-refractivity contribution in [1.29, 1.82) is 0 Å². The zero-order valence-electron chi connectivity index (χ0n) is 17.5. The molecule has 1 unspecified atom stereocenters. The predicted octanol–water partition coefficient (Wildman–Crippen LogP) is 3.07. The highest BCUT2D eigenvalue weighted by molar-refractivity contribution is 5.92. The van der Waals surface area contributed by atoms with Crippen molar-refractivity contribution in [2.24, 2.45) is 7.05 Å². The molecule has 2 N–H and O–H groups in total. The number of nitrogens with one attached hydrogen (secondary N) is 1. The maximum absolute atomic E-state index is 12.3. The summed E-state index contributed by atoms with van der Waals surface area (Å²) >= 11 is 0. The highest BCUT2D eigenvalue weighted by atomic mass is 16.5. The molecule has 3 rings (SSSR count). The average Bonchev–Trinajstić information content (AvgIpc) is 3.11. The second-order valence-electron chi connectivity index (χ2n) is 6.77. The molecule has 0 fully saturated rings. The fraction of sp³-hybridized carbons (Fsp3) is 0.261. The van der Waals surface area contributed by atoms with Gasteiger partial charge in [-0.2, -0.15) is 0 Å². The molecular weight excluding hydrogens is 384 g/mol. The zero-order valence-corrected chi connectivity index (χ0v) is 17.5. The van der Waals surface area contributed by atoms with E-state index >= 15 is 0 Å². The first kappa shape index (κ1) is 21.3. The summed E-state index contributed by atoms with van der Waals surface area (Å²) in [5.41, 5.74) is 2.52. The van der Waals surface area contributed by atoms with Gasteiger partial charge in [0.25, 0.3) is 0 Å². The van der Waals surface area contributed by atoms with E-state index in [0.717, 1.165) is 16.5 Å². The molecule has 0 spiro atoms. The molecule has 1 heterocycles. The molecular formula is C23H26N2O5. The minimum atomic E-state index is -0.811. The van der Waals surface area contributed by atoms with Gasteiger partial charge in [-0.3, -0.25) is 4.79 Å². The topological polar surface area (TPSA) is 82.0 Å². The van der Waals surface area contributed by atoms with Gasteiger partial charge < -0.3 is 29.2 Å². The monoisotopic (exact) mass is 410 g/mol. The van der Waals surface area contributed by atoms with Crippen LogP contribution in [0.15, 0.2) is 48.7 Å². The molecule has 3 aromatic rings. The molecule has 0 saturated carbocycles. The van der Waals surface area contributed by atoms with Gasteiger partial charge in [0.05, 0.1) is 27.4 Å². The van der Waals surface area contributed by atoms with Gasteiger partial charge >= 0.3 is 0 Å². The first-order valence-electron chi connectivity index (χ1n) is 9.46. The highest BCUT2D eigenvalue weighted by Crippen LogP contribution is 2.38. The maximum Gasteiger partial charge on any atom is 0.244 e. The van der Waals surface area contributed by atoms with Crippen LogP contribution in [0.1, 0.15) is 17.2 Å². The lowest BCUT2D eigenvalue weighted by atomic mass is 10.1. The van der Waals surface area contributed by atoms with E-state index in [1.54, 1.807) is 18.2 Å². The van der Waals surface area contributed by atoms with Crippen LogP contribution in [0.3, 0.4) is 0 Å². The number of carbonyl (C=O) groups is 1. The van der Waals surface area contributed by atoms with E-state index in [1.165, 1.54) is 27.4 Å². The molecule has 0 aliphatic rings. The summed E-state index contributed by atoms with van der Waals surface area (Å²) in [7, 11) is 6.53. The quantitative estimate of drug-likeness (QED) is 0.558. The fourth-order valence-electron chi connectivity index (χ4n) is 3.37. The Bertz CT molecular complexity index is 1050. The smallest absolute Gasteiger partial charge is 0.244 e. The van der Waals surface area contributed by atoms with Crippen LogP contribution in [-0.4, -0.2) is 43.5 Å². The van der Waals surface area contributed by atoms with Crippen LogP contribution in [0.25, 0.3) is 17.0 Å². The van der Waals surface area contributed by atoms with Crippen molar-refractivity contribution >= 4 is 22.9 Å². The first-order valence-corrected chi connectivity index (χ1v) is 9.46. The minimum Gasteiger partial charge on any atom is -0.493 e. The number of aromatic nitrogens is 1. The van der Waals surface area contributed by atoms with Gasteiger partial charge in [0.2, 0.25) is 11.7 Å². The van der Waals surface area contributed by atoms with Gasteiger partial charge in [0.15, 0.2) is 11.5 Å². The van der Waals surface area contributed by atoms with Crippen molar-refractivity contribution in [1.82, 2.24) is 9.88 Å². The normalized spacial score (nSPS) is 12.2. The minimum absolute atomic E-state index is 0.104. The number of hydrogen-bond donors (Lipinski definition) is 2. The van der Waals surface area contributed by atoms with Crippen molar-refractivity contribution in [2.75, 3.05) is 27.9 Å². The number of aryl methyl sites for hydroxylation is 1. The van der Waals surface area contributed by atoms with E-state index in [9.17, 15) is 9.90 Å². The zero-order chi connectivity index (χ0) is 21.7. The lowest BCUT2D eigenvalue weighted by Gasteiger charge is -2.13. The number of para-hydroxylation sites is 1. The van der Waals surface area contributed by atoms with E-state index in [0.29, 0.717) is 22.8 Å². The number of nitrogens with zero attached hydrogens (tertiary/aromatic N) is 1. The molecule has 1 aromatic heterocycles. The molecule has 1 amide bonds. The first-order chi connectivity index (χ1) is 14.5. The Morgan fingerprint density at radius 3 is 2.43 bits per heavy atom. The number of carbonyl (C=O) groups excluding carboxylic acids is 1.